The molecule has 1 amide bonds. The van der Waals surface area contributed by atoms with Crippen molar-refractivity contribution in [3.63, 3.8) is 0 Å². The summed E-state index contributed by atoms with van der Waals surface area (Å²) in [6.45, 7) is 0. The van der Waals surface area contributed by atoms with Crippen molar-refractivity contribution in [2.75, 3.05) is 11.1 Å². The zero-order chi connectivity index (χ0) is 15.4. The summed E-state index contributed by atoms with van der Waals surface area (Å²) in [5.74, 6) is -0.0538. The van der Waals surface area contributed by atoms with Crippen LogP contribution >= 0.6 is 11.3 Å². The van der Waals surface area contributed by atoms with E-state index in [1.165, 1.54) is 11.3 Å². The number of aromatic nitrogens is 1. The van der Waals surface area contributed by atoms with Crippen molar-refractivity contribution >= 4 is 28.1 Å². The third kappa shape index (κ3) is 3.32. The van der Waals surface area contributed by atoms with Gasteiger partial charge < -0.3 is 11.1 Å². The molecule has 0 saturated carbocycles. The van der Waals surface area contributed by atoms with E-state index in [0.29, 0.717) is 11.6 Å². The summed E-state index contributed by atoms with van der Waals surface area (Å²) in [5, 5.41) is 5.35. The Kier molecular flexibility index (Phi) is 4.16. The summed E-state index contributed by atoms with van der Waals surface area (Å²) in [5.41, 5.74) is 9.06. The van der Waals surface area contributed by atoms with Crippen molar-refractivity contribution in [2.24, 2.45) is 0 Å². The molecule has 0 radical (unpaired) electrons. The molecule has 1 aromatic heterocycles. The molecule has 0 spiro atoms. The summed E-state index contributed by atoms with van der Waals surface area (Å²) in [6, 6.07) is 17.3. The van der Waals surface area contributed by atoms with Crippen molar-refractivity contribution in [1.82, 2.24) is 4.98 Å². The number of nitrogen functional groups attached to an aromatic ring is 1. The van der Waals surface area contributed by atoms with E-state index in [4.69, 9.17) is 5.73 Å². The van der Waals surface area contributed by atoms with Crippen LogP contribution in [0.25, 0.3) is 11.3 Å². The zero-order valence-electron chi connectivity index (χ0n) is 11.8. The fraction of sp³-hybridized carbons (Fsp3) is 0.0588. The number of anilines is 2. The lowest BCUT2D eigenvalue weighted by Gasteiger charge is -2.09. The van der Waals surface area contributed by atoms with E-state index >= 15 is 0 Å². The molecular weight excluding hydrogens is 294 g/mol. The van der Waals surface area contributed by atoms with E-state index in [0.717, 1.165) is 22.5 Å². The van der Waals surface area contributed by atoms with Gasteiger partial charge in [-0.2, -0.15) is 0 Å². The fourth-order valence-corrected chi connectivity index (χ4v) is 2.77. The van der Waals surface area contributed by atoms with Crippen LogP contribution in [0.1, 0.15) is 5.56 Å². The Morgan fingerprint density at radius 3 is 2.55 bits per heavy atom. The highest BCUT2D eigenvalue weighted by Crippen LogP contribution is 2.29. The first-order valence-corrected chi connectivity index (χ1v) is 7.74. The Labute approximate surface area is 132 Å². The number of thiazole rings is 1. The van der Waals surface area contributed by atoms with Crippen molar-refractivity contribution in [3.05, 3.63) is 65.5 Å². The maximum absolute atomic E-state index is 12.2. The van der Waals surface area contributed by atoms with Gasteiger partial charge in [-0.15, -0.1) is 11.3 Å². The van der Waals surface area contributed by atoms with Crippen LogP contribution in [0.5, 0.6) is 0 Å². The lowest BCUT2D eigenvalue weighted by atomic mass is 10.1. The molecule has 4 nitrogen and oxygen atoms in total. The minimum Gasteiger partial charge on any atom is -0.375 e. The van der Waals surface area contributed by atoms with Gasteiger partial charge in [-0.05, 0) is 11.6 Å². The van der Waals surface area contributed by atoms with Crippen LogP contribution < -0.4 is 11.1 Å². The molecule has 5 heteroatoms. The first-order valence-electron chi connectivity index (χ1n) is 6.86. The van der Waals surface area contributed by atoms with Gasteiger partial charge in [0.2, 0.25) is 5.91 Å². The second-order valence-electron chi connectivity index (χ2n) is 4.83. The van der Waals surface area contributed by atoms with Crippen LogP contribution in [0, 0.1) is 0 Å². The number of hydrogen-bond acceptors (Lipinski definition) is 4. The quantitative estimate of drug-likeness (QED) is 0.774. The van der Waals surface area contributed by atoms with Gasteiger partial charge in [0.1, 0.15) is 0 Å². The number of nitrogens with one attached hydrogen (secondary N) is 1. The Balaban J connectivity index is 1.79. The molecular formula is C17H15N3OS. The van der Waals surface area contributed by atoms with Crippen LogP contribution in [0.3, 0.4) is 0 Å². The second-order valence-corrected chi connectivity index (χ2v) is 5.72. The van der Waals surface area contributed by atoms with Crippen LogP contribution in [0.2, 0.25) is 0 Å². The van der Waals surface area contributed by atoms with Gasteiger partial charge >= 0.3 is 0 Å². The van der Waals surface area contributed by atoms with Gasteiger partial charge in [-0.25, -0.2) is 4.98 Å². The van der Waals surface area contributed by atoms with Crippen molar-refractivity contribution in [3.8, 4) is 11.3 Å². The number of nitrogens with two attached hydrogens (primary N) is 1. The molecule has 0 unspecified atom stereocenters. The van der Waals surface area contributed by atoms with E-state index in [-0.39, 0.29) is 5.91 Å². The van der Waals surface area contributed by atoms with Gasteiger partial charge in [-0.1, -0.05) is 48.5 Å². The second kappa shape index (κ2) is 6.41. The predicted octanol–water partition coefficient (Wildman–Crippen LogP) is 3.57. The third-order valence-corrected chi connectivity index (χ3v) is 3.88. The minimum atomic E-state index is -0.0538. The maximum atomic E-state index is 12.2. The molecule has 0 aliphatic rings. The average molecular weight is 309 g/mol. The van der Waals surface area contributed by atoms with E-state index in [2.05, 4.69) is 10.3 Å². The summed E-state index contributed by atoms with van der Waals surface area (Å²) in [6.07, 6.45) is 0.342. The Morgan fingerprint density at radius 2 is 1.82 bits per heavy atom. The number of carbonyl (C=O) groups excluding carboxylic acids is 1. The molecule has 3 aromatic rings. The topological polar surface area (TPSA) is 68.0 Å². The highest BCUT2D eigenvalue weighted by molar-refractivity contribution is 7.13. The molecule has 22 heavy (non-hydrogen) atoms. The maximum Gasteiger partial charge on any atom is 0.228 e. The Morgan fingerprint density at radius 1 is 1.09 bits per heavy atom. The molecule has 0 fully saturated rings. The lowest BCUT2D eigenvalue weighted by Crippen LogP contribution is -2.15. The minimum absolute atomic E-state index is 0.0538. The van der Waals surface area contributed by atoms with E-state index in [9.17, 15) is 4.79 Å². The van der Waals surface area contributed by atoms with Gasteiger partial charge in [-0.3, -0.25) is 4.79 Å². The summed E-state index contributed by atoms with van der Waals surface area (Å²) in [7, 11) is 0. The molecule has 3 rings (SSSR count). The molecule has 110 valence electrons. The number of hydrogen-bond donors (Lipinski definition) is 2. The van der Waals surface area contributed by atoms with Crippen molar-refractivity contribution in [2.45, 2.75) is 6.42 Å². The molecule has 0 aliphatic carbocycles. The molecule has 1 heterocycles. The van der Waals surface area contributed by atoms with E-state index in [1.54, 1.807) is 0 Å². The van der Waals surface area contributed by atoms with Gasteiger partial charge in [0, 0.05) is 10.9 Å². The normalized spacial score (nSPS) is 10.4. The fourth-order valence-electron chi connectivity index (χ4n) is 2.20. The number of carbonyl (C=O) groups is 1. The first-order chi connectivity index (χ1) is 10.7. The van der Waals surface area contributed by atoms with Crippen LogP contribution in [-0.2, 0) is 11.2 Å². The number of amides is 1. The summed E-state index contributed by atoms with van der Waals surface area (Å²) in [4.78, 5) is 16.5. The highest BCUT2D eigenvalue weighted by Gasteiger charge is 2.11. The molecule has 0 atom stereocenters. The standard InChI is InChI=1S/C17H15N3OS/c18-17-20-15(11-22-17)13-8-4-5-9-14(13)19-16(21)10-12-6-2-1-3-7-12/h1-9,11H,10H2,(H2,18,20)(H,19,21). The largest absolute Gasteiger partial charge is 0.375 e. The SMILES string of the molecule is Nc1nc(-c2ccccc2NC(=O)Cc2ccccc2)cs1. The third-order valence-electron chi connectivity index (χ3n) is 3.21. The van der Waals surface area contributed by atoms with Crippen molar-refractivity contribution in [1.29, 1.82) is 0 Å². The van der Waals surface area contributed by atoms with Gasteiger partial charge in [0.15, 0.2) is 5.13 Å². The van der Waals surface area contributed by atoms with Gasteiger partial charge in [0.05, 0.1) is 17.8 Å². The molecule has 2 aromatic carbocycles. The molecule has 0 aliphatic heterocycles. The van der Waals surface area contributed by atoms with E-state index < -0.39 is 0 Å². The van der Waals surface area contributed by atoms with Crippen LogP contribution in [0.15, 0.2) is 60.0 Å². The molecule has 3 N–H and O–H groups in total. The average Bonchev–Trinajstić information content (AvgIpc) is 2.95. The first kappa shape index (κ1) is 14.3. The number of rotatable bonds is 4. The lowest BCUT2D eigenvalue weighted by molar-refractivity contribution is -0.115. The summed E-state index contributed by atoms with van der Waals surface area (Å²) >= 11 is 1.38. The molecule has 0 bridgehead atoms. The number of nitrogens with zero attached hydrogens (tertiary/aromatic N) is 1. The van der Waals surface area contributed by atoms with Crippen LogP contribution in [0.4, 0.5) is 10.8 Å². The monoisotopic (exact) mass is 309 g/mol. The predicted molar refractivity (Wildman–Crippen MR) is 90.7 cm³/mol. The highest BCUT2D eigenvalue weighted by atomic mass is 32.1. The molecule has 0 saturated heterocycles. The Hall–Kier alpha value is -2.66. The smallest absolute Gasteiger partial charge is 0.228 e. The van der Waals surface area contributed by atoms with Crippen LogP contribution in [-0.4, -0.2) is 10.9 Å². The van der Waals surface area contributed by atoms with E-state index in [1.807, 2.05) is 60.0 Å². The Bertz CT molecular complexity index is 783. The number of benzene rings is 2. The van der Waals surface area contributed by atoms with Gasteiger partial charge in [0.25, 0.3) is 0 Å². The number of para-hydroxylation sites is 1. The zero-order valence-corrected chi connectivity index (χ0v) is 12.6. The van der Waals surface area contributed by atoms with Crippen molar-refractivity contribution < 1.29 is 4.79 Å². The summed E-state index contributed by atoms with van der Waals surface area (Å²) < 4.78 is 0.